The number of Topliss-reactive ketones (excluding diaryl/α,β-unsaturated/α-hetero) is 1. The van der Waals surface area contributed by atoms with Crippen molar-refractivity contribution in [2.75, 3.05) is 31.5 Å². The second-order valence-corrected chi connectivity index (χ2v) is 15.2. The van der Waals surface area contributed by atoms with E-state index in [-0.39, 0.29) is 42.2 Å². The first kappa shape index (κ1) is 37.0. The third-order valence-electron chi connectivity index (χ3n) is 11.5. The van der Waals surface area contributed by atoms with Crippen molar-refractivity contribution in [3.63, 3.8) is 0 Å². The van der Waals surface area contributed by atoms with Gasteiger partial charge in [-0.1, -0.05) is 91.7 Å². The molecule has 0 radical (unpaired) electrons. The zero-order chi connectivity index (χ0) is 37.7. The number of amides is 3. The van der Waals surface area contributed by atoms with E-state index in [9.17, 15) is 24.3 Å². The quantitative estimate of drug-likeness (QED) is 0.153. The first-order chi connectivity index (χ1) is 26.2. The zero-order valence-corrected chi connectivity index (χ0v) is 30.6. The molecule has 1 aliphatic carbocycles. The fourth-order valence-corrected chi connectivity index (χ4v) is 8.59. The molecule has 1 saturated heterocycles. The summed E-state index contributed by atoms with van der Waals surface area (Å²) in [6, 6.07) is 30.1. The summed E-state index contributed by atoms with van der Waals surface area (Å²) in [6.45, 7) is 2.40. The Labute approximate surface area is 316 Å². The minimum atomic E-state index is -0.877. The number of anilines is 1. The van der Waals surface area contributed by atoms with Crippen LogP contribution in [0.1, 0.15) is 77.2 Å². The van der Waals surface area contributed by atoms with Gasteiger partial charge < -0.3 is 26.4 Å². The lowest BCUT2D eigenvalue weighted by Gasteiger charge is -2.41. The molecule has 280 valence electrons. The molecule has 10 nitrogen and oxygen atoms in total. The summed E-state index contributed by atoms with van der Waals surface area (Å²) >= 11 is 0. The first-order valence-electron chi connectivity index (χ1n) is 19.1. The highest BCUT2D eigenvalue weighted by atomic mass is 16.3. The molecule has 2 fully saturated rings. The molecule has 5 N–H and O–H groups in total. The average molecular weight is 728 g/mol. The predicted octanol–water partition coefficient (Wildman–Crippen LogP) is 5.40. The lowest BCUT2D eigenvalue weighted by atomic mass is 9.76. The number of piperazine rings is 1. The molecule has 4 aromatic carbocycles. The van der Waals surface area contributed by atoms with Gasteiger partial charge in [-0.2, -0.15) is 0 Å². The van der Waals surface area contributed by atoms with E-state index in [1.807, 2.05) is 77.7 Å². The molecule has 10 heteroatoms. The van der Waals surface area contributed by atoms with Crippen molar-refractivity contribution in [1.29, 1.82) is 0 Å². The summed E-state index contributed by atoms with van der Waals surface area (Å²) in [4.78, 5) is 59.2. The number of carbonyl (C=O) groups excluding carboxylic acids is 4. The Morgan fingerprint density at radius 3 is 2.13 bits per heavy atom. The summed E-state index contributed by atoms with van der Waals surface area (Å²) < 4.78 is 0. The molecule has 54 heavy (non-hydrogen) atoms. The van der Waals surface area contributed by atoms with Gasteiger partial charge in [0.1, 0.15) is 5.75 Å². The number of hydrogen-bond acceptors (Lipinski definition) is 7. The van der Waals surface area contributed by atoms with Crippen LogP contribution in [-0.4, -0.2) is 76.7 Å². The van der Waals surface area contributed by atoms with Crippen LogP contribution in [0.15, 0.2) is 103 Å². The highest BCUT2D eigenvalue weighted by Gasteiger charge is 2.42. The van der Waals surface area contributed by atoms with E-state index in [4.69, 9.17) is 5.73 Å². The zero-order valence-electron chi connectivity index (χ0n) is 30.6. The Hall–Kier alpha value is -5.32. The molecule has 0 aromatic heterocycles. The Bertz CT molecular complexity index is 1970. The van der Waals surface area contributed by atoms with Gasteiger partial charge in [-0.05, 0) is 77.6 Å². The van der Waals surface area contributed by atoms with Crippen LogP contribution >= 0.6 is 0 Å². The number of nitrogens with zero attached hydrogens (tertiary/aromatic N) is 2. The van der Waals surface area contributed by atoms with Crippen molar-refractivity contribution in [3.05, 3.63) is 131 Å². The number of phenols is 1. The second-order valence-electron chi connectivity index (χ2n) is 15.2. The van der Waals surface area contributed by atoms with Crippen LogP contribution in [0.3, 0.4) is 0 Å². The van der Waals surface area contributed by atoms with Gasteiger partial charge in [0.25, 0.3) is 5.91 Å². The Balaban J connectivity index is 1.02. The molecule has 4 aromatic rings. The summed E-state index contributed by atoms with van der Waals surface area (Å²) in [5, 5.41) is 15.7. The predicted molar refractivity (Wildman–Crippen MR) is 208 cm³/mol. The van der Waals surface area contributed by atoms with E-state index in [1.165, 1.54) is 0 Å². The Morgan fingerprint density at radius 1 is 0.778 bits per heavy atom. The number of ketones is 1. The molecule has 3 aliphatic rings. The highest BCUT2D eigenvalue weighted by molar-refractivity contribution is 6.07. The number of nitrogens with one attached hydrogen (secondary N) is 2. The average Bonchev–Trinajstić information content (AvgIpc) is 3.59. The molecule has 7 rings (SSSR count). The molecular formula is C44H49N5O5. The minimum Gasteiger partial charge on any atom is -0.508 e. The fraction of sp³-hybridized carbons (Fsp3) is 0.364. The first-order valence-corrected chi connectivity index (χ1v) is 19.1. The van der Waals surface area contributed by atoms with Gasteiger partial charge in [-0.25, -0.2) is 0 Å². The largest absolute Gasteiger partial charge is 0.508 e. The van der Waals surface area contributed by atoms with E-state index < -0.39 is 23.4 Å². The van der Waals surface area contributed by atoms with Gasteiger partial charge in [0.2, 0.25) is 11.8 Å². The standard InChI is InChI=1S/C44H49N5O5/c45-36(26-31-16-18-32(50)19-17-31)43(54)47-38(27-30-10-2-1-3-11-30)39(51)28-44(20-8-9-21-44)29-40(52)48-22-24-49(25-23-48)41-33-12-4-5-13-34(33)42(53)46-37-15-7-6-14-35(37)41/h1-7,10-19,36,38,41,50H,8-9,20-29,45H2,(H,46,53)(H,47,54). The minimum absolute atomic E-state index is 0.0578. The van der Waals surface area contributed by atoms with Crippen molar-refractivity contribution in [3.8, 4) is 5.75 Å². The van der Waals surface area contributed by atoms with Crippen molar-refractivity contribution in [2.45, 2.75) is 69.5 Å². The van der Waals surface area contributed by atoms with Crippen LogP contribution in [0.25, 0.3) is 0 Å². The maximum atomic E-state index is 14.2. The Kier molecular flexibility index (Phi) is 11.2. The molecular weight excluding hydrogens is 679 g/mol. The number of para-hydroxylation sites is 1. The molecule has 3 amide bonds. The van der Waals surface area contributed by atoms with Crippen LogP contribution in [-0.2, 0) is 27.2 Å². The smallest absolute Gasteiger partial charge is 0.256 e. The summed E-state index contributed by atoms with van der Waals surface area (Å²) in [7, 11) is 0. The van der Waals surface area contributed by atoms with Gasteiger partial charge in [0, 0.05) is 50.3 Å². The van der Waals surface area contributed by atoms with E-state index in [2.05, 4.69) is 21.6 Å². The maximum Gasteiger partial charge on any atom is 0.256 e. The monoisotopic (exact) mass is 727 g/mol. The molecule has 3 atom stereocenters. The number of phenolic OH excluding ortho intramolecular Hbond substituents is 1. The SMILES string of the molecule is NC(Cc1ccc(O)cc1)C(=O)NC(Cc1ccccc1)C(=O)CC1(CC(=O)N2CCN(C3c4ccccc4NC(=O)c4ccccc43)CC2)CCCC1. The number of carbonyl (C=O) groups is 4. The van der Waals surface area contributed by atoms with E-state index in [0.29, 0.717) is 44.6 Å². The number of aromatic hydroxyl groups is 1. The molecule has 0 spiro atoms. The normalized spacial score (nSPS) is 19.1. The van der Waals surface area contributed by atoms with Crippen molar-refractivity contribution in [1.82, 2.24) is 15.1 Å². The fourth-order valence-electron chi connectivity index (χ4n) is 8.59. The van der Waals surface area contributed by atoms with Crippen molar-refractivity contribution in [2.24, 2.45) is 11.1 Å². The van der Waals surface area contributed by atoms with Crippen LogP contribution in [0.4, 0.5) is 5.69 Å². The van der Waals surface area contributed by atoms with E-state index in [0.717, 1.165) is 53.6 Å². The van der Waals surface area contributed by atoms with Gasteiger partial charge in [-0.3, -0.25) is 24.1 Å². The van der Waals surface area contributed by atoms with E-state index in [1.54, 1.807) is 24.3 Å². The van der Waals surface area contributed by atoms with Gasteiger partial charge in [0.05, 0.1) is 18.1 Å². The van der Waals surface area contributed by atoms with Crippen LogP contribution in [0.2, 0.25) is 0 Å². The number of hydrogen-bond donors (Lipinski definition) is 4. The third-order valence-corrected chi connectivity index (χ3v) is 11.5. The molecule has 0 bridgehead atoms. The summed E-state index contributed by atoms with van der Waals surface area (Å²) in [5.74, 6) is -0.422. The Morgan fingerprint density at radius 2 is 1.41 bits per heavy atom. The third kappa shape index (κ3) is 8.40. The highest BCUT2D eigenvalue weighted by Crippen LogP contribution is 2.45. The number of fused-ring (bicyclic) bond motifs is 2. The maximum absolute atomic E-state index is 14.2. The number of nitrogens with two attached hydrogens (primary N) is 1. The summed E-state index contributed by atoms with van der Waals surface area (Å²) in [6.07, 6.45) is 4.57. The molecule has 3 unspecified atom stereocenters. The van der Waals surface area contributed by atoms with Gasteiger partial charge >= 0.3 is 0 Å². The lowest BCUT2D eigenvalue weighted by molar-refractivity contribution is -0.137. The van der Waals surface area contributed by atoms with Crippen molar-refractivity contribution < 1.29 is 24.3 Å². The number of benzene rings is 4. The topological polar surface area (TPSA) is 145 Å². The lowest BCUT2D eigenvalue weighted by Crippen LogP contribution is -2.52. The van der Waals surface area contributed by atoms with Gasteiger partial charge in [0.15, 0.2) is 5.78 Å². The summed E-state index contributed by atoms with van der Waals surface area (Å²) in [5.41, 5.74) is 11.1. The van der Waals surface area contributed by atoms with E-state index >= 15 is 0 Å². The van der Waals surface area contributed by atoms with Crippen LogP contribution < -0.4 is 16.4 Å². The molecule has 2 aliphatic heterocycles. The van der Waals surface area contributed by atoms with Crippen molar-refractivity contribution >= 4 is 29.2 Å². The number of rotatable bonds is 12. The second kappa shape index (κ2) is 16.4. The van der Waals surface area contributed by atoms with Crippen LogP contribution in [0.5, 0.6) is 5.75 Å². The van der Waals surface area contributed by atoms with Gasteiger partial charge in [-0.15, -0.1) is 0 Å². The molecule has 2 heterocycles. The van der Waals surface area contributed by atoms with Crippen LogP contribution in [0, 0.1) is 5.41 Å². The molecule has 1 saturated carbocycles.